The zero-order valence-electron chi connectivity index (χ0n) is 6.97. The Hall–Kier alpha value is -1.91. The molecule has 0 unspecified atom stereocenters. The molecule has 2 aromatic heterocycles. The second kappa shape index (κ2) is 2.85. The summed E-state index contributed by atoms with van der Waals surface area (Å²) in [6.07, 6.45) is 1.58. The molecule has 0 radical (unpaired) electrons. The van der Waals surface area contributed by atoms with Gasteiger partial charge in [-0.2, -0.15) is 4.98 Å². The molecule has 0 saturated carbocycles. The molecule has 66 valence electrons. The molecule has 0 bridgehead atoms. The van der Waals surface area contributed by atoms with Crippen molar-refractivity contribution in [2.24, 2.45) is 0 Å². The second-order valence-corrected chi connectivity index (χ2v) is 2.49. The molecule has 0 saturated heterocycles. The van der Waals surface area contributed by atoms with Gasteiger partial charge in [-0.05, 0) is 12.1 Å². The first kappa shape index (κ1) is 7.72. The zero-order valence-corrected chi connectivity index (χ0v) is 6.97. The SMILES string of the molecule is Cc1nc(=O)n(-c2ccccn2)o1. The van der Waals surface area contributed by atoms with Crippen LogP contribution in [0.1, 0.15) is 5.89 Å². The van der Waals surface area contributed by atoms with Gasteiger partial charge in [0.25, 0.3) is 0 Å². The highest BCUT2D eigenvalue weighted by Gasteiger charge is 2.05. The zero-order chi connectivity index (χ0) is 9.26. The number of aryl methyl sites for hydroxylation is 1. The maximum Gasteiger partial charge on any atom is 0.386 e. The van der Waals surface area contributed by atoms with E-state index in [2.05, 4.69) is 9.97 Å². The highest BCUT2D eigenvalue weighted by Crippen LogP contribution is 1.99. The molecule has 13 heavy (non-hydrogen) atoms. The summed E-state index contributed by atoms with van der Waals surface area (Å²) in [5.74, 6) is 0.767. The first-order valence-corrected chi connectivity index (χ1v) is 3.76. The summed E-state index contributed by atoms with van der Waals surface area (Å²) in [6.45, 7) is 1.61. The first-order valence-electron chi connectivity index (χ1n) is 3.76. The van der Waals surface area contributed by atoms with Crippen molar-refractivity contribution in [3.05, 3.63) is 40.8 Å². The van der Waals surface area contributed by atoms with Gasteiger partial charge in [-0.25, -0.2) is 9.78 Å². The monoisotopic (exact) mass is 177 g/mol. The van der Waals surface area contributed by atoms with Crippen LogP contribution in [0.3, 0.4) is 0 Å². The summed E-state index contributed by atoms with van der Waals surface area (Å²) in [5, 5.41) is 0. The third-order valence-corrected chi connectivity index (χ3v) is 1.51. The summed E-state index contributed by atoms with van der Waals surface area (Å²) in [5.41, 5.74) is -0.448. The molecule has 2 aromatic rings. The van der Waals surface area contributed by atoms with Crippen LogP contribution in [0.25, 0.3) is 5.82 Å². The van der Waals surface area contributed by atoms with Crippen molar-refractivity contribution in [2.75, 3.05) is 0 Å². The maximum absolute atomic E-state index is 11.2. The Morgan fingerprint density at radius 2 is 2.31 bits per heavy atom. The van der Waals surface area contributed by atoms with E-state index in [1.165, 1.54) is 0 Å². The van der Waals surface area contributed by atoms with E-state index >= 15 is 0 Å². The fourth-order valence-corrected chi connectivity index (χ4v) is 0.990. The molecule has 0 atom stereocenters. The van der Waals surface area contributed by atoms with Gasteiger partial charge in [0.05, 0.1) is 0 Å². The van der Waals surface area contributed by atoms with E-state index in [1.807, 2.05) is 0 Å². The topological polar surface area (TPSA) is 60.9 Å². The molecule has 2 rings (SSSR count). The molecule has 0 N–H and O–H groups in total. The van der Waals surface area contributed by atoms with Crippen molar-refractivity contribution < 1.29 is 4.52 Å². The highest BCUT2D eigenvalue weighted by atomic mass is 16.5. The molecule has 0 spiro atoms. The summed E-state index contributed by atoms with van der Waals surface area (Å²) in [6, 6.07) is 5.20. The normalized spacial score (nSPS) is 10.2. The van der Waals surface area contributed by atoms with Gasteiger partial charge < -0.3 is 4.52 Å². The molecule has 5 heteroatoms. The minimum Gasteiger partial charge on any atom is -0.353 e. The van der Waals surface area contributed by atoms with E-state index in [-0.39, 0.29) is 0 Å². The fraction of sp³-hybridized carbons (Fsp3) is 0.125. The highest BCUT2D eigenvalue weighted by molar-refractivity contribution is 5.17. The van der Waals surface area contributed by atoms with Crippen LogP contribution in [0.2, 0.25) is 0 Å². The van der Waals surface area contributed by atoms with Crippen molar-refractivity contribution in [3.63, 3.8) is 0 Å². The lowest BCUT2D eigenvalue weighted by atomic mass is 10.5. The summed E-state index contributed by atoms with van der Waals surface area (Å²) in [4.78, 5) is 18.7. The van der Waals surface area contributed by atoms with Crippen LogP contribution in [-0.2, 0) is 0 Å². The Morgan fingerprint density at radius 1 is 1.46 bits per heavy atom. The van der Waals surface area contributed by atoms with Crippen LogP contribution in [0.5, 0.6) is 0 Å². The number of hydrogen-bond acceptors (Lipinski definition) is 4. The average Bonchev–Trinajstić information content (AvgIpc) is 2.47. The summed E-state index contributed by atoms with van der Waals surface area (Å²) < 4.78 is 6.08. The van der Waals surface area contributed by atoms with Crippen molar-refractivity contribution in [2.45, 2.75) is 6.92 Å². The van der Waals surface area contributed by atoms with E-state index in [9.17, 15) is 4.79 Å². The Morgan fingerprint density at radius 3 is 2.85 bits per heavy atom. The first-order chi connectivity index (χ1) is 6.27. The lowest BCUT2D eigenvalue weighted by Gasteiger charge is -1.94. The fourth-order valence-electron chi connectivity index (χ4n) is 0.990. The van der Waals surface area contributed by atoms with Gasteiger partial charge in [0.2, 0.25) is 5.89 Å². The van der Waals surface area contributed by atoms with Gasteiger partial charge in [0, 0.05) is 13.1 Å². The van der Waals surface area contributed by atoms with Crippen molar-refractivity contribution in [1.82, 2.24) is 14.7 Å². The quantitative estimate of drug-likeness (QED) is 0.637. The summed E-state index contributed by atoms with van der Waals surface area (Å²) >= 11 is 0. The molecule has 0 aliphatic heterocycles. The van der Waals surface area contributed by atoms with E-state index in [0.29, 0.717) is 11.7 Å². The minimum atomic E-state index is -0.448. The van der Waals surface area contributed by atoms with Crippen molar-refractivity contribution >= 4 is 0 Å². The number of hydrogen-bond donors (Lipinski definition) is 0. The molecule has 5 nitrogen and oxygen atoms in total. The molecule has 0 amide bonds. The van der Waals surface area contributed by atoms with Crippen LogP contribution in [0.15, 0.2) is 33.7 Å². The van der Waals surface area contributed by atoms with Crippen LogP contribution >= 0.6 is 0 Å². The van der Waals surface area contributed by atoms with E-state index < -0.39 is 5.69 Å². The number of aromatic nitrogens is 3. The van der Waals surface area contributed by atoms with E-state index in [4.69, 9.17) is 4.52 Å². The predicted octanol–water partition coefficient (Wildman–Crippen LogP) is 0.529. The van der Waals surface area contributed by atoms with Gasteiger partial charge in [-0.1, -0.05) is 6.07 Å². The number of rotatable bonds is 1. The molecule has 2 heterocycles. The number of nitrogens with zero attached hydrogens (tertiary/aromatic N) is 3. The van der Waals surface area contributed by atoms with Crippen LogP contribution in [0, 0.1) is 6.92 Å². The van der Waals surface area contributed by atoms with E-state index in [1.54, 1.807) is 31.3 Å². The third kappa shape index (κ3) is 1.35. The molecule has 0 aliphatic rings. The third-order valence-electron chi connectivity index (χ3n) is 1.51. The second-order valence-electron chi connectivity index (χ2n) is 2.49. The smallest absolute Gasteiger partial charge is 0.353 e. The van der Waals surface area contributed by atoms with E-state index in [0.717, 1.165) is 4.74 Å². The van der Waals surface area contributed by atoms with Crippen molar-refractivity contribution in [1.29, 1.82) is 0 Å². The summed E-state index contributed by atoms with van der Waals surface area (Å²) in [7, 11) is 0. The molecular formula is C8H7N3O2. The Labute approximate surface area is 73.6 Å². The lowest BCUT2D eigenvalue weighted by Crippen LogP contribution is -2.14. The molecule has 0 fully saturated rings. The minimum absolute atomic E-state index is 0.329. The molecular weight excluding hydrogens is 170 g/mol. The van der Waals surface area contributed by atoms with Crippen LogP contribution in [-0.4, -0.2) is 14.7 Å². The van der Waals surface area contributed by atoms with Gasteiger partial charge in [0.15, 0.2) is 5.82 Å². The standard InChI is InChI=1S/C8H7N3O2/c1-6-10-8(12)11(13-6)7-4-2-3-5-9-7/h2-5H,1H3. The maximum atomic E-state index is 11.2. The average molecular weight is 177 g/mol. The Bertz CT molecular complexity index is 458. The predicted molar refractivity (Wildman–Crippen MR) is 44.6 cm³/mol. The lowest BCUT2D eigenvalue weighted by molar-refractivity contribution is 0.316. The van der Waals surface area contributed by atoms with Crippen molar-refractivity contribution in [3.8, 4) is 5.82 Å². The number of pyridine rings is 1. The van der Waals surface area contributed by atoms with Gasteiger partial charge in [-0.15, -0.1) is 4.74 Å². The largest absolute Gasteiger partial charge is 0.386 e. The molecule has 0 aromatic carbocycles. The van der Waals surface area contributed by atoms with Gasteiger partial charge in [0.1, 0.15) is 0 Å². The van der Waals surface area contributed by atoms with Gasteiger partial charge >= 0.3 is 5.69 Å². The van der Waals surface area contributed by atoms with Gasteiger partial charge in [-0.3, -0.25) is 0 Å². The van der Waals surface area contributed by atoms with Crippen LogP contribution < -0.4 is 5.69 Å². The van der Waals surface area contributed by atoms with Crippen LogP contribution in [0.4, 0.5) is 0 Å². The Balaban J connectivity index is 2.59. The Kier molecular flexibility index (Phi) is 1.70. The molecule has 0 aliphatic carbocycles.